The highest BCUT2D eigenvalue weighted by Gasteiger charge is 2.51. The minimum atomic E-state index is -0.598. The van der Waals surface area contributed by atoms with Crippen LogP contribution in [0.2, 0.25) is 0 Å². The lowest BCUT2D eigenvalue weighted by atomic mass is 9.64. The number of para-hydroxylation sites is 2. The minimum Gasteiger partial charge on any atom is -0.396 e. The third-order valence-electron chi connectivity index (χ3n) is 11.1. The van der Waals surface area contributed by atoms with Crippen molar-refractivity contribution < 1.29 is 0 Å². The van der Waals surface area contributed by atoms with Crippen LogP contribution in [-0.4, -0.2) is 5.84 Å². The van der Waals surface area contributed by atoms with Gasteiger partial charge in [0, 0.05) is 22.4 Å². The van der Waals surface area contributed by atoms with E-state index in [0.717, 1.165) is 50.1 Å². The maximum absolute atomic E-state index is 7.36. The largest absolute Gasteiger partial charge is 0.396 e. The fraction of sp³-hybridized carbons (Fsp3) is 0.0200. The molecule has 1 aliphatic carbocycles. The fourth-order valence-electron chi connectivity index (χ4n) is 8.77. The van der Waals surface area contributed by atoms with Gasteiger partial charge in [0.1, 0.15) is 5.84 Å². The van der Waals surface area contributed by atoms with Crippen LogP contribution in [0.1, 0.15) is 38.9 Å². The van der Waals surface area contributed by atoms with Crippen molar-refractivity contribution in [1.82, 2.24) is 0 Å². The molecule has 0 saturated heterocycles. The van der Waals surface area contributed by atoms with Gasteiger partial charge in [-0.1, -0.05) is 164 Å². The van der Waals surface area contributed by atoms with Crippen molar-refractivity contribution in [2.75, 3.05) is 4.90 Å². The summed E-state index contributed by atoms with van der Waals surface area (Å²) in [5.74, 6) is 0.408. The molecule has 0 radical (unpaired) electrons. The summed E-state index contributed by atoms with van der Waals surface area (Å²) in [4.78, 5) is 7.54. The summed E-state index contributed by atoms with van der Waals surface area (Å²) < 4.78 is 0. The van der Waals surface area contributed by atoms with Crippen molar-refractivity contribution in [1.29, 1.82) is 0 Å². The number of benzene rings is 8. The second kappa shape index (κ2) is 12.5. The Hall–Kier alpha value is -7.17. The molecule has 0 saturated carbocycles. The molecule has 4 heteroatoms. The molecule has 8 aromatic rings. The summed E-state index contributed by atoms with van der Waals surface area (Å²) in [6.07, 6.45) is 0. The highest BCUT2D eigenvalue weighted by Crippen LogP contribution is 2.63. The number of anilines is 3. The van der Waals surface area contributed by atoms with Gasteiger partial charge >= 0.3 is 0 Å². The van der Waals surface area contributed by atoms with Gasteiger partial charge in [-0.3, -0.25) is 0 Å². The summed E-state index contributed by atoms with van der Waals surface area (Å²) in [6.45, 7) is 0. The second-order valence-electron chi connectivity index (χ2n) is 13.9. The normalized spacial score (nSPS) is 14.2. The van der Waals surface area contributed by atoms with E-state index in [1.807, 2.05) is 54.6 Å². The molecule has 54 heavy (non-hydrogen) atoms. The van der Waals surface area contributed by atoms with E-state index in [2.05, 4.69) is 144 Å². The number of nitrogens with two attached hydrogens (primary N) is 2. The molecule has 0 bridgehead atoms. The van der Waals surface area contributed by atoms with Gasteiger partial charge < -0.3 is 16.4 Å². The minimum absolute atomic E-state index is 0.408. The Labute approximate surface area is 315 Å². The van der Waals surface area contributed by atoms with Crippen LogP contribution >= 0.6 is 0 Å². The van der Waals surface area contributed by atoms with E-state index in [0.29, 0.717) is 17.2 Å². The average Bonchev–Trinajstić information content (AvgIpc) is 3.54. The molecule has 8 aromatic carbocycles. The molecule has 0 atom stereocenters. The number of nitrogens with zero attached hydrogens (tertiary/aromatic N) is 2. The molecule has 1 heterocycles. The Balaban J connectivity index is 1.27. The molecule has 0 amide bonds. The van der Waals surface area contributed by atoms with Crippen LogP contribution in [0, 0.1) is 0 Å². The third kappa shape index (κ3) is 4.67. The number of hydrogen-bond donors (Lipinski definition) is 2. The van der Waals surface area contributed by atoms with Crippen molar-refractivity contribution >= 4 is 45.1 Å². The van der Waals surface area contributed by atoms with Crippen molar-refractivity contribution in [3.63, 3.8) is 0 Å². The highest BCUT2D eigenvalue weighted by atomic mass is 15.2. The van der Waals surface area contributed by atoms with Gasteiger partial charge in [0.2, 0.25) is 0 Å². The lowest BCUT2D eigenvalue weighted by Gasteiger charge is -2.45. The predicted octanol–water partition coefficient (Wildman–Crippen LogP) is 11.2. The lowest BCUT2D eigenvalue weighted by molar-refractivity contribution is 0.752. The molecule has 4 nitrogen and oxygen atoms in total. The quantitative estimate of drug-likeness (QED) is 0.107. The summed E-state index contributed by atoms with van der Waals surface area (Å²) in [5.41, 5.74) is 28.2. The molecule has 256 valence electrons. The molecule has 2 aliphatic rings. The molecule has 1 aliphatic heterocycles. The van der Waals surface area contributed by atoms with Gasteiger partial charge in [0.25, 0.3) is 0 Å². The summed E-state index contributed by atoms with van der Waals surface area (Å²) in [7, 11) is 0. The van der Waals surface area contributed by atoms with Crippen LogP contribution in [0.15, 0.2) is 199 Å². The highest BCUT2D eigenvalue weighted by molar-refractivity contribution is 6.11. The van der Waals surface area contributed by atoms with E-state index in [1.165, 1.54) is 27.8 Å². The topological polar surface area (TPSA) is 67.6 Å². The van der Waals surface area contributed by atoms with Crippen LogP contribution in [-0.2, 0) is 5.41 Å². The van der Waals surface area contributed by atoms with Crippen LogP contribution in [0.5, 0.6) is 0 Å². The molecular weight excluding hydrogens is 657 g/mol. The zero-order valence-corrected chi connectivity index (χ0v) is 29.5. The molecular formula is C50H36N4. The Kier molecular flexibility index (Phi) is 7.31. The van der Waals surface area contributed by atoms with Crippen molar-refractivity contribution in [2.45, 2.75) is 5.41 Å². The van der Waals surface area contributed by atoms with E-state index in [1.54, 1.807) is 0 Å². The van der Waals surface area contributed by atoms with E-state index in [4.69, 9.17) is 16.5 Å². The van der Waals surface area contributed by atoms with Crippen LogP contribution in [0.4, 0.5) is 17.1 Å². The zero-order valence-electron chi connectivity index (χ0n) is 29.5. The molecule has 10 rings (SSSR count). The van der Waals surface area contributed by atoms with Gasteiger partial charge in [-0.2, -0.15) is 0 Å². The summed E-state index contributed by atoms with van der Waals surface area (Å²) in [6, 6.07) is 68.3. The van der Waals surface area contributed by atoms with Gasteiger partial charge in [0.15, 0.2) is 0 Å². The Bertz CT molecular complexity index is 2750. The Morgan fingerprint density at radius 3 is 1.78 bits per heavy atom. The number of hydrogen-bond acceptors (Lipinski definition) is 3. The van der Waals surface area contributed by atoms with E-state index in [9.17, 15) is 0 Å². The van der Waals surface area contributed by atoms with Gasteiger partial charge in [-0.05, 0) is 74.5 Å². The number of fused-ring (bicyclic) bond motifs is 10. The summed E-state index contributed by atoms with van der Waals surface area (Å²) >= 11 is 0. The zero-order chi connectivity index (χ0) is 36.2. The second-order valence-corrected chi connectivity index (χ2v) is 13.9. The molecule has 0 fully saturated rings. The Morgan fingerprint density at radius 1 is 0.463 bits per heavy atom. The average molecular weight is 693 g/mol. The lowest BCUT2D eigenvalue weighted by Crippen LogP contribution is -2.36. The van der Waals surface area contributed by atoms with Crippen LogP contribution < -0.4 is 16.4 Å². The predicted molar refractivity (Wildman–Crippen MR) is 224 cm³/mol. The van der Waals surface area contributed by atoms with Gasteiger partial charge in [-0.15, -0.1) is 0 Å². The Morgan fingerprint density at radius 2 is 1.04 bits per heavy atom. The maximum Gasteiger partial charge on any atom is 0.132 e. The van der Waals surface area contributed by atoms with E-state index < -0.39 is 5.41 Å². The molecule has 4 N–H and O–H groups in total. The summed E-state index contributed by atoms with van der Waals surface area (Å²) in [5, 5.41) is 2.15. The van der Waals surface area contributed by atoms with Crippen molar-refractivity contribution in [2.24, 2.45) is 16.5 Å². The van der Waals surface area contributed by atoms with Gasteiger partial charge in [0.05, 0.1) is 28.2 Å². The molecule has 0 unspecified atom stereocenters. The number of amidine groups is 1. The van der Waals surface area contributed by atoms with E-state index >= 15 is 0 Å². The standard InChI is InChI=1S/C50H36N4/c51-47(48(34-17-3-1-4-18-34)53-49(52)40-25-15-19-33-16-7-8-22-37(33)40)35-30-31-46-44(32-35)50(41-26-11-9-23-38(41)39-24-10-12-27-42(39)50)43-28-13-14-29-45(43)54(46)36-20-5-2-6-21-36/h1-32H,51H2,(H2,52,53)/b48-47-. The first kappa shape index (κ1) is 31.6. The first-order valence-corrected chi connectivity index (χ1v) is 18.3. The first-order chi connectivity index (χ1) is 26.6. The fourth-order valence-corrected chi connectivity index (χ4v) is 8.77. The smallest absolute Gasteiger partial charge is 0.132 e. The maximum atomic E-state index is 7.36. The van der Waals surface area contributed by atoms with E-state index in [-0.39, 0.29) is 0 Å². The third-order valence-corrected chi connectivity index (χ3v) is 11.1. The number of aliphatic imine (C=N–C) groups is 1. The van der Waals surface area contributed by atoms with Crippen LogP contribution in [0.25, 0.3) is 33.3 Å². The first-order valence-electron chi connectivity index (χ1n) is 18.3. The van der Waals surface area contributed by atoms with Crippen LogP contribution in [0.3, 0.4) is 0 Å². The van der Waals surface area contributed by atoms with Crippen molar-refractivity contribution in [3.05, 3.63) is 233 Å². The SMILES string of the molecule is N/C(=N\C(=C(/N)c1ccc2c(c1)C1(c3ccccc3-c3ccccc31)c1ccccc1N2c1ccccc1)c1ccccc1)c1cccc2ccccc12. The molecule has 0 aromatic heterocycles. The monoisotopic (exact) mass is 692 g/mol. The van der Waals surface area contributed by atoms with Gasteiger partial charge in [-0.25, -0.2) is 4.99 Å². The number of rotatable bonds is 5. The van der Waals surface area contributed by atoms with Crippen molar-refractivity contribution in [3.8, 4) is 11.1 Å². The molecule has 1 spiro atoms.